The summed E-state index contributed by atoms with van der Waals surface area (Å²) in [5.41, 5.74) is 3.64. The molecule has 0 spiro atoms. The van der Waals surface area contributed by atoms with Crippen LogP contribution < -0.4 is 10.1 Å². The average molecular weight is 360 g/mol. The first-order valence-electron chi connectivity index (χ1n) is 8.14. The Bertz CT molecular complexity index is 1060. The van der Waals surface area contributed by atoms with Crippen LogP contribution in [-0.4, -0.2) is 18.0 Å². The van der Waals surface area contributed by atoms with E-state index in [-0.39, 0.29) is 5.91 Å². The number of amides is 1. The molecule has 0 atom stereocenters. The van der Waals surface area contributed by atoms with Crippen LogP contribution in [0.4, 0.5) is 5.13 Å². The van der Waals surface area contributed by atoms with Crippen LogP contribution in [0.15, 0.2) is 72.8 Å². The first kappa shape index (κ1) is 16.3. The van der Waals surface area contributed by atoms with Gasteiger partial charge in [0.15, 0.2) is 5.13 Å². The average Bonchev–Trinajstić information content (AvgIpc) is 3.10. The monoisotopic (exact) mass is 360 g/mol. The largest absolute Gasteiger partial charge is 0.497 e. The van der Waals surface area contributed by atoms with Gasteiger partial charge in [-0.05, 0) is 41.5 Å². The summed E-state index contributed by atoms with van der Waals surface area (Å²) in [5, 5.41) is 3.45. The van der Waals surface area contributed by atoms with E-state index in [4.69, 9.17) is 4.74 Å². The van der Waals surface area contributed by atoms with E-state index in [1.165, 1.54) is 11.3 Å². The first-order valence-corrected chi connectivity index (χ1v) is 8.96. The maximum atomic E-state index is 12.5. The quantitative estimate of drug-likeness (QED) is 0.542. The maximum absolute atomic E-state index is 12.5. The van der Waals surface area contributed by atoms with Crippen LogP contribution in [0.1, 0.15) is 10.4 Å². The summed E-state index contributed by atoms with van der Waals surface area (Å²) in [7, 11) is 1.63. The van der Waals surface area contributed by atoms with Crippen LogP contribution in [0, 0.1) is 0 Å². The zero-order valence-electron chi connectivity index (χ0n) is 14.1. The molecule has 4 rings (SSSR count). The Labute approximate surface area is 155 Å². The Morgan fingerprint density at radius 2 is 1.69 bits per heavy atom. The molecule has 0 bridgehead atoms. The number of rotatable bonds is 4. The predicted molar refractivity (Wildman–Crippen MR) is 106 cm³/mol. The smallest absolute Gasteiger partial charge is 0.257 e. The number of hydrogen-bond acceptors (Lipinski definition) is 4. The van der Waals surface area contributed by atoms with Gasteiger partial charge in [0.05, 0.1) is 17.3 Å². The second-order valence-electron chi connectivity index (χ2n) is 5.75. The maximum Gasteiger partial charge on any atom is 0.257 e. The third kappa shape index (κ3) is 3.30. The first-order chi connectivity index (χ1) is 12.7. The Balaban J connectivity index is 1.53. The van der Waals surface area contributed by atoms with Crippen molar-refractivity contribution in [2.45, 2.75) is 0 Å². The molecule has 128 valence electrons. The lowest BCUT2D eigenvalue weighted by atomic mass is 10.0. The minimum absolute atomic E-state index is 0.171. The van der Waals surface area contributed by atoms with Crippen LogP contribution >= 0.6 is 11.3 Å². The summed E-state index contributed by atoms with van der Waals surface area (Å²) in [5.74, 6) is 0.603. The highest BCUT2D eigenvalue weighted by molar-refractivity contribution is 7.22. The summed E-state index contributed by atoms with van der Waals surface area (Å²) in [6, 6.07) is 23.3. The molecule has 5 heteroatoms. The molecule has 0 saturated carbocycles. The molecule has 1 heterocycles. The molecular weight excluding hydrogens is 344 g/mol. The van der Waals surface area contributed by atoms with Crippen molar-refractivity contribution in [1.82, 2.24) is 4.98 Å². The van der Waals surface area contributed by atoms with Crippen molar-refractivity contribution < 1.29 is 9.53 Å². The molecule has 1 N–H and O–H groups in total. The van der Waals surface area contributed by atoms with Gasteiger partial charge in [0, 0.05) is 5.56 Å². The van der Waals surface area contributed by atoms with E-state index in [2.05, 4.69) is 10.3 Å². The number of hydrogen-bond donors (Lipinski definition) is 1. The molecule has 4 aromatic rings. The molecule has 1 amide bonds. The van der Waals surface area contributed by atoms with Gasteiger partial charge in [-0.25, -0.2) is 4.98 Å². The number of nitrogens with one attached hydrogen (secondary N) is 1. The van der Waals surface area contributed by atoms with Crippen molar-refractivity contribution in [3.05, 3.63) is 78.4 Å². The SMILES string of the molecule is COc1ccc2nc(NC(=O)c3ccc(-c4ccccc4)cc3)sc2c1. The van der Waals surface area contributed by atoms with Crippen molar-refractivity contribution in [3.8, 4) is 16.9 Å². The van der Waals surface area contributed by atoms with Crippen LogP contribution in [-0.2, 0) is 0 Å². The summed E-state index contributed by atoms with van der Waals surface area (Å²) in [6.07, 6.45) is 0. The lowest BCUT2D eigenvalue weighted by molar-refractivity contribution is 0.102. The highest BCUT2D eigenvalue weighted by atomic mass is 32.1. The number of fused-ring (bicyclic) bond motifs is 1. The number of nitrogens with zero attached hydrogens (tertiary/aromatic N) is 1. The van der Waals surface area contributed by atoms with Crippen LogP contribution in [0.2, 0.25) is 0 Å². The molecule has 0 aliphatic heterocycles. The van der Waals surface area contributed by atoms with Gasteiger partial charge in [0.1, 0.15) is 5.75 Å². The Morgan fingerprint density at radius 3 is 2.42 bits per heavy atom. The summed E-state index contributed by atoms with van der Waals surface area (Å²) in [6.45, 7) is 0. The van der Waals surface area contributed by atoms with E-state index in [1.807, 2.05) is 72.8 Å². The Hall–Kier alpha value is -3.18. The molecular formula is C21H16N2O2S. The Morgan fingerprint density at radius 1 is 0.962 bits per heavy atom. The standard InChI is InChI=1S/C21H16N2O2S/c1-25-17-11-12-18-19(13-17)26-21(22-18)23-20(24)16-9-7-15(8-10-16)14-5-3-2-4-6-14/h2-13H,1H3,(H,22,23,24). The van der Waals surface area contributed by atoms with Crippen LogP contribution in [0.25, 0.3) is 21.3 Å². The molecule has 0 fully saturated rings. The van der Waals surface area contributed by atoms with E-state index in [1.54, 1.807) is 7.11 Å². The molecule has 0 radical (unpaired) electrons. The van der Waals surface area contributed by atoms with Crippen molar-refractivity contribution in [3.63, 3.8) is 0 Å². The number of methoxy groups -OCH3 is 1. The minimum Gasteiger partial charge on any atom is -0.497 e. The lowest BCUT2D eigenvalue weighted by Crippen LogP contribution is -2.11. The van der Waals surface area contributed by atoms with E-state index >= 15 is 0 Å². The van der Waals surface area contributed by atoms with E-state index in [9.17, 15) is 4.79 Å². The molecule has 3 aromatic carbocycles. The van der Waals surface area contributed by atoms with Crippen molar-refractivity contribution in [2.75, 3.05) is 12.4 Å². The molecule has 0 aliphatic carbocycles. The third-order valence-corrected chi connectivity index (χ3v) is 5.00. The van der Waals surface area contributed by atoms with Gasteiger partial charge in [-0.2, -0.15) is 0 Å². The van der Waals surface area contributed by atoms with Gasteiger partial charge in [-0.1, -0.05) is 53.8 Å². The fourth-order valence-electron chi connectivity index (χ4n) is 2.70. The lowest BCUT2D eigenvalue weighted by Gasteiger charge is -2.04. The molecule has 4 nitrogen and oxygen atoms in total. The summed E-state index contributed by atoms with van der Waals surface area (Å²) >= 11 is 1.43. The zero-order chi connectivity index (χ0) is 17.9. The molecule has 1 aromatic heterocycles. The normalized spacial score (nSPS) is 10.7. The summed E-state index contributed by atoms with van der Waals surface area (Å²) in [4.78, 5) is 16.9. The third-order valence-electron chi connectivity index (χ3n) is 4.07. The molecule has 0 aliphatic rings. The van der Waals surface area contributed by atoms with Gasteiger partial charge in [-0.3, -0.25) is 10.1 Å². The Kier molecular flexibility index (Phi) is 4.37. The number of benzene rings is 3. The van der Waals surface area contributed by atoms with E-state index in [0.717, 1.165) is 27.1 Å². The number of carbonyl (C=O) groups is 1. The second-order valence-corrected chi connectivity index (χ2v) is 6.78. The fourth-order valence-corrected chi connectivity index (χ4v) is 3.59. The van der Waals surface area contributed by atoms with Crippen LogP contribution in [0.3, 0.4) is 0 Å². The van der Waals surface area contributed by atoms with Gasteiger partial charge in [0.2, 0.25) is 0 Å². The van der Waals surface area contributed by atoms with Crippen LogP contribution in [0.5, 0.6) is 5.75 Å². The molecule has 0 saturated heterocycles. The van der Waals surface area contributed by atoms with E-state index in [0.29, 0.717) is 10.7 Å². The highest BCUT2D eigenvalue weighted by Crippen LogP contribution is 2.29. The van der Waals surface area contributed by atoms with Gasteiger partial charge < -0.3 is 4.74 Å². The predicted octanol–water partition coefficient (Wildman–Crippen LogP) is 5.22. The van der Waals surface area contributed by atoms with E-state index < -0.39 is 0 Å². The van der Waals surface area contributed by atoms with Crippen molar-refractivity contribution >= 4 is 32.6 Å². The fraction of sp³-hybridized carbons (Fsp3) is 0.0476. The van der Waals surface area contributed by atoms with Crippen molar-refractivity contribution in [2.24, 2.45) is 0 Å². The minimum atomic E-state index is -0.171. The molecule has 0 unspecified atom stereocenters. The number of aromatic nitrogens is 1. The second kappa shape index (κ2) is 6.98. The summed E-state index contributed by atoms with van der Waals surface area (Å²) < 4.78 is 6.19. The van der Waals surface area contributed by atoms with Gasteiger partial charge >= 0.3 is 0 Å². The highest BCUT2D eigenvalue weighted by Gasteiger charge is 2.11. The topological polar surface area (TPSA) is 51.2 Å². The number of ether oxygens (including phenoxy) is 1. The number of thiazole rings is 1. The van der Waals surface area contributed by atoms with Gasteiger partial charge in [-0.15, -0.1) is 0 Å². The number of carbonyl (C=O) groups excluding carboxylic acids is 1. The van der Waals surface area contributed by atoms with Gasteiger partial charge in [0.25, 0.3) is 5.91 Å². The molecule has 26 heavy (non-hydrogen) atoms. The zero-order valence-corrected chi connectivity index (χ0v) is 14.9. The van der Waals surface area contributed by atoms with Crippen molar-refractivity contribution in [1.29, 1.82) is 0 Å². The number of anilines is 1.